The Morgan fingerprint density at radius 1 is 1.45 bits per heavy atom. The number of rotatable bonds is 4. The quantitative estimate of drug-likeness (QED) is 0.810. The van der Waals surface area contributed by atoms with Crippen LogP contribution in [0, 0.1) is 6.92 Å². The first-order valence-electron chi connectivity index (χ1n) is 6.42. The number of aromatic amines is 1. The molecule has 0 bridgehead atoms. The van der Waals surface area contributed by atoms with Crippen molar-refractivity contribution >= 4 is 5.91 Å². The third-order valence-electron chi connectivity index (χ3n) is 3.13. The van der Waals surface area contributed by atoms with Gasteiger partial charge in [-0.1, -0.05) is 12.1 Å². The Labute approximate surface area is 124 Å². The third-order valence-corrected chi connectivity index (χ3v) is 3.13. The molecule has 1 aromatic carbocycles. The number of hydrogen-bond donors (Lipinski definition) is 3. The van der Waals surface area contributed by atoms with Gasteiger partial charge in [0.05, 0.1) is 23.4 Å². The van der Waals surface area contributed by atoms with Crippen molar-refractivity contribution in [1.29, 1.82) is 0 Å². The summed E-state index contributed by atoms with van der Waals surface area (Å²) in [6.07, 6.45) is -4.38. The maximum Gasteiger partial charge on any atom is 0.416 e. The van der Waals surface area contributed by atoms with Gasteiger partial charge in [-0.15, -0.1) is 0 Å². The molecule has 1 aromatic heterocycles. The Hall–Kier alpha value is -2.35. The van der Waals surface area contributed by atoms with Gasteiger partial charge in [-0.3, -0.25) is 9.89 Å². The Balaban J connectivity index is 2.02. The van der Waals surface area contributed by atoms with E-state index >= 15 is 0 Å². The van der Waals surface area contributed by atoms with Crippen molar-refractivity contribution in [3.05, 3.63) is 52.8 Å². The molecular formula is C14H14F3N3O2. The van der Waals surface area contributed by atoms with Crippen LogP contribution >= 0.6 is 0 Å². The van der Waals surface area contributed by atoms with E-state index in [4.69, 9.17) is 0 Å². The average Bonchev–Trinajstić information content (AvgIpc) is 2.90. The molecule has 1 amide bonds. The van der Waals surface area contributed by atoms with Gasteiger partial charge in [-0.2, -0.15) is 18.3 Å². The van der Waals surface area contributed by atoms with Crippen molar-refractivity contribution in [2.75, 3.05) is 6.54 Å². The Morgan fingerprint density at radius 2 is 2.18 bits per heavy atom. The molecule has 2 aromatic rings. The first kappa shape index (κ1) is 16.0. The molecule has 0 radical (unpaired) electrons. The number of nitrogens with zero attached hydrogens (tertiary/aromatic N) is 1. The summed E-state index contributed by atoms with van der Waals surface area (Å²) >= 11 is 0. The second-order valence-electron chi connectivity index (χ2n) is 4.76. The molecule has 1 atom stereocenters. The topological polar surface area (TPSA) is 78.0 Å². The van der Waals surface area contributed by atoms with E-state index in [1.807, 2.05) is 0 Å². The number of H-pyrrole nitrogens is 1. The molecule has 0 saturated heterocycles. The summed E-state index contributed by atoms with van der Waals surface area (Å²) < 4.78 is 37.8. The summed E-state index contributed by atoms with van der Waals surface area (Å²) in [5, 5.41) is 18.7. The van der Waals surface area contributed by atoms with E-state index in [0.717, 1.165) is 12.1 Å². The maximum atomic E-state index is 12.6. The zero-order valence-electron chi connectivity index (χ0n) is 11.6. The monoisotopic (exact) mass is 313 g/mol. The van der Waals surface area contributed by atoms with Gasteiger partial charge in [0, 0.05) is 12.2 Å². The highest BCUT2D eigenvalue weighted by Crippen LogP contribution is 2.30. The summed E-state index contributed by atoms with van der Waals surface area (Å²) in [4.78, 5) is 11.8. The number of nitrogens with one attached hydrogen (secondary N) is 2. The van der Waals surface area contributed by atoms with E-state index < -0.39 is 23.8 Å². The highest BCUT2D eigenvalue weighted by molar-refractivity contribution is 5.94. The van der Waals surface area contributed by atoms with Crippen LogP contribution in [-0.4, -0.2) is 27.8 Å². The van der Waals surface area contributed by atoms with Gasteiger partial charge in [0.15, 0.2) is 0 Å². The highest BCUT2D eigenvalue weighted by atomic mass is 19.4. The fourth-order valence-corrected chi connectivity index (χ4v) is 1.90. The van der Waals surface area contributed by atoms with E-state index in [9.17, 15) is 23.1 Å². The number of aromatic nitrogens is 2. The molecule has 0 aliphatic carbocycles. The van der Waals surface area contributed by atoms with E-state index in [0.29, 0.717) is 11.3 Å². The van der Waals surface area contributed by atoms with Gasteiger partial charge in [-0.05, 0) is 24.6 Å². The number of alkyl halides is 3. The molecule has 0 aliphatic heterocycles. The molecule has 5 nitrogen and oxygen atoms in total. The lowest BCUT2D eigenvalue weighted by atomic mass is 10.1. The standard InChI is InChI=1S/C14H14F3N3O2/c1-8-11(6-19-20-8)13(22)18-7-12(21)9-3-2-4-10(5-9)14(15,16)17/h2-6,12,21H,7H2,1H3,(H,18,22)(H,19,20)/t12-/m0/s1. The Kier molecular flexibility index (Phi) is 4.51. The van der Waals surface area contributed by atoms with Crippen LogP contribution < -0.4 is 5.32 Å². The lowest BCUT2D eigenvalue weighted by molar-refractivity contribution is -0.137. The number of carbonyl (C=O) groups excluding carboxylic acids is 1. The van der Waals surface area contributed by atoms with Crippen LogP contribution in [0.5, 0.6) is 0 Å². The summed E-state index contributed by atoms with van der Waals surface area (Å²) in [5.41, 5.74) is 0.113. The van der Waals surface area contributed by atoms with Crippen molar-refractivity contribution < 1.29 is 23.1 Å². The van der Waals surface area contributed by atoms with Gasteiger partial charge in [0.25, 0.3) is 5.91 Å². The van der Waals surface area contributed by atoms with Gasteiger partial charge in [-0.25, -0.2) is 0 Å². The SMILES string of the molecule is Cc1[nH]ncc1C(=O)NC[C@H](O)c1cccc(C(F)(F)F)c1. The van der Waals surface area contributed by atoms with E-state index in [-0.39, 0.29) is 12.1 Å². The van der Waals surface area contributed by atoms with Gasteiger partial charge >= 0.3 is 6.18 Å². The molecule has 0 fully saturated rings. The first-order chi connectivity index (χ1) is 10.3. The van der Waals surface area contributed by atoms with Gasteiger partial charge < -0.3 is 10.4 Å². The molecule has 2 rings (SSSR count). The number of aliphatic hydroxyl groups excluding tert-OH is 1. The molecule has 0 aliphatic rings. The number of aryl methyl sites for hydroxylation is 1. The van der Waals surface area contributed by atoms with Crippen LogP contribution in [0.2, 0.25) is 0 Å². The fraction of sp³-hybridized carbons (Fsp3) is 0.286. The molecule has 0 spiro atoms. The minimum Gasteiger partial charge on any atom is -0.387 e. The molecule has 0 unspecified atom stereocenters. The molecule has 22 heavy (non-hydrogen) atoms. The lowest BCUT2D eigenvalue weighted by Gasteiger charge is -2.14. The largest absolute Gasteiger partial charge is 0.416 e. The zero-order chi connectivity index (χ0) is 16.3. The molecule has 8 heteroatoms. The molecule has 0 saturated carbocycles. The van der Waals surface area contributed by atoms with Crippen LogP contribution in [0.1, 0.15) is 33.3 Å². The van der Waals surface area contributed by atoms with Crippen molar-refractivity contribution in [1.82, 2.24) is 15.5 Å². The molecule has 3 N–H and O–H groups in total. The van der Waals surface area contributed by atoms with Gasteiger partial charge in [0.2, 0.25) is 0 Å². The molecule has 1 heterocycles. The minimum absolute atomic E-state index is 0.0824. The predicted molar refractivity (Wildman–Crippen MR) is 72.1 cm³/mol. The highest BCUT2D eigenvalue weighted by Gasteiger charge is 2.30. The summed E-state index contributed by atoms with van der Waals surface area (Å²) in [7, 11) is 0. The number of halogens is 3. The summed E-state index contributed by atoms with van der Waals surface area (Å²) in [5.74, 6) is -0.461. The zero-order valence-corrected chi connectivity index (χ0v) is 11.6. The third kappa shape index (κ3) is 3.64. The first-order valence-corrected chi connectivity index (χ1v) is 6.42. The second kappa shape index (κ2) is 6.18. The second-order valence-corrected chi connectivity index (χ2v) is 4.76. The average molecular weight is 313 g/mol. The summed E-state index contributed by atoms with van der Waals surface area (Å²) in [6, 6.07) is 4.36. The predicted octanol–water partition coefficient (Wildman–Crippen LogP) is 2.20. The van der Waals surface area contributed by atoms with Gasteiger partial charge in [0.1, 0.15) is 0 Å². The van der Waals surface area contributed by atoms with Crippen molar-refractivity contribution in [3.63, 3.8) is 0 Å². The van der Waals surface area contributed by atoms with Crippen LogP contribution in [0.4, 0.5) is 13.2 Å². The van der Waals surface area contributed by atoms with E-state index in [1.165, 1.54) is 18.3 Å². The number of carbonyl (C=O) groups is 1. The van der Waals surface area contributed by atoms with E-state index in [2.05, 4.69) is 15.5 Å². The molecule has 118 valence electrons. The Bertz CT molecular complexity index is 667. The van der Waals surface area contributed by atoms with Crippen LogP contribution in [-0.2, 0) is 6.18 Å². The number of benzene rings is 1. The molecular weight excluding hydrogens is 299 g/mol. The fourth-order valence-electron chi connectivity index (χ4n) is 1.90. The minimum atomic E-state index is -4.48. The lowest BCUT2D eigenvalue weighted by Crippen LogP contribution is -2.28. The number of amides is 1. The number of hydrogen-bond acceptors (Lipinski definition) is 3. The van der Waals surface area contributed by atoms with Crippen LogP contribution in [0.15, 0.2) is 30.5 Å². The van der Waals surface area contributed by atoms with Crippen molar-refractivity contribution in [2.45, 2.75) is 19.2 Å². The number of aliphatic hydroxyl groups is 1. The smallest absolute Gasteiger partial charge is 0.387 e. The van der Waals surface area contributed by atoms with Crippen LogP contribution in [0.25, 0.3) is 0 Å². The Morgan fingerprint density at radius 3 is 2.77 bits per heavy atom. The van der Waals surface area contributed by atoms with Crippen LogP contribution in [0.3, 0.4) is 0 Å². The maximum absolute atomic E-state index is 12.6. The van der Waals surface area contributed by atoms with Crippen molar-refractivity contribution in [3.8, 4) is 0 Å². The normalized spacial score (nSPS) is 13.0. The van der Waals surface area contributed by atoms with Crippen molar-refractivity contribution in [2.24, 2.45) is 0 Å². The van der Waals surface area contributed by atoms with E-state index in [1.54, 1.807) is 6.92 Å². The summed E-state index contributed by atoms with van der Waals surface area (Å²) in [6.45, 7) is 1.45.